The summed E-state index contributed by atoms with van der Waals surface area (Å²) >= 11 is 0. The van der Waals surface area contributed by atoms with Gasteiger partial charge in [-0.2, -0.15) is 5.48 Å². The molecule has 276 valence electrons. The minimum absolute atomic E-state index is 0.0416. The van der Waals surface area contributed by atoms with E-state index in [0.717, 1.165) is 31.2 Å². The quantitative estimate of drug-likeness (QED) is 0.0857. The van der Waals surface area contributed by atoms with Crippen LogP contribution >= 0.6 is 0 Å². The number of nitrogens with one attached hydrogen (secondary N) is 4. The van der Waals surface area contributed by atoms with E-state index >= 15 is 0 Å². The number of amides is 4. The van der Waals surface area contributed by atoms with Crippen molar-refractivity contribution >= 4 is 30.0 Å². The number of unbranched alkanes of at least 4 members (excludes halogenated alkanes) is 2. The largest absolute Gasteiger partial charge is 0.444 e. The van der Waals surface area contributed by atoms with Gasteiger partial charge in [0.25, 0.3) is 5.91 Å². The molecule has 4 amide bonds. The highest BCUT2D eigenvalue weighted by atomic mass is 16.7. The van der Waals surface area contributed by atoms with E-state index in [9.17, 15) is 24.0 Å². The van der Waals surface area contributed by atoms with Crippen molar-refractivity contribution in [2.75, 3.05) is 13.1 Å². The molecular formula is C38H56N4O8. The molecule has 0 fully saturated rings. The number of alkyl carbamates (subject to hydrolysis) is 2. The van der Waals surface area contributed by atoms with Crippen LogP contribution in [0.25, 0.3) is 0 Å². The molecule has 0 aliphatic carbocycles. The van der Waals surface area contributed by atoms with Gasteiger partial charge in [-0.15, -0.1) is 0 Å². The van der Waals surface area contributed by atoms with Crippen molar-refractivity contribution in [1.29, 1.82) is 0 Å². The lowest BCUT2D eigenvalue weighted by molar-refractivity contribution is -0.158. The van der Waals surface area contributed by atoms with Crippen molar-refractivity contribution in [3.63, 3.8) is 0 Å². The minimum Gasteiger partial charge on any atom is -0.444 e. The third-order valence-corrected chi connectivity index (χ3v) is 7.14. The zero-order valence-electron chi connectivity index (χ0n) is 30.5. The maximum absolute atomic E-state index is 12.9. The molecule has 0 saturated carbocycles. The molecule has 2 aromatic carbocycles. The Morgan fingerprint density at radius 3 is 1.82 bits per heavy atom. The van der Waals surface area contributed by atoms with Crippen LogP contribution in [0.5, 0.6) is 0 Å². The van der Waals surface area contributed by atoms with Gasteiger partial charge in [0.05, 0.1) is 6.42 Å². The van der Waals surface area contributed by atoms with E-state index < -0.39 is 47.2 Å². The Hall–Kier alpha value is -4.61. The molecule has 0 aliphatic rings. The second kappa shape index (κ2) is 21.5. The van der Waals surface area contributed by atoms with E-state index in [2.05, 4.69) is 45.7 Å². The molecule has 0 aromatic heterocycles. The first kappa shape index (κ1) is 41.6. The highest BCUT2D eigenvalue weighted by molar-refractivity contribution is 5.85. The van der Waals surface area contributed by atoms with Gasteiger partial charge in [0, 0.05) is 19.5 Å². The summed E-state index contributed by atoms with van der Waals surface area (Å²) < 4.78 is 10.5. The van der Waals surface area contributed by atoms with E-state index in [1.807, 2.05) is 30.3 Å². The zero-order valence-corrected chi connectivity index (χ0v) is 30.5. The van der Waals surface area contributed by atoms with Gasteiger partial charge >= 0.3 is 18.2 Å². The first-order valence-corrected chi connectivity index (χ1v) is 17.4. The Balaban J connectivity index is 1.67. The Morgan fingerprint density at radius 2 is 1.20 bits per heavy atom. The van der Waals surface area contributed by atoms with Crippen molar-refractivity contribution in [3.8, 4) is 0 Å². The fourth-order valence-corrected chi connectivity index (χ4v) is 4.78. The highest BCUT2D eigenvalue weighted by Crippen LogP contribution is 2.12. The van der Waals surface area contributed by atoms with Gasteiger partial charge in [0.1, 0.15) is 17.2 Å². The van der Waals surface area contributed by atoms with Crippen LogP contribution in [0.3, 0.4) is 0 Å². The first-order chi connectivity index (χ1) is 23.6. The van der Waals surface area contributed by atoms with Crippen molar-refractivity contribution in [3.05, 3.63) is 71.3 Å². The average molecular weight is 697 g/mol. The van der Waals surface area contributed by atoms with Crippen molar-refractivity contribution in [2.24, 2.45) is 0 Å². The van der Waals surface area contributed by atoms with Gasteiger partial charge in [-0.3, -0.25) is 9.59 Å². The van der Waals surface area contributed by atoms with Crippen LogP contribution in [0.15, 0.2) is 54.6 Å². The van der Waals surface area contributed by atoms with Crippen LogP contribution in [-0.2, 0) is 48.0 Å². The first-order valence-electron chi connectivity index (χ1n) is 17.4. The van der Waals surface area contributed by atoms with Crippen LogP contribution in [0.4, 0.5) is 9.59 Å². The molecule has 12 heteroatoms. The monoisotopic (exact) mass is 696 g/mol. The number of hydroxylamine groups is 1. The molecule has 0 saturated heterocycles. The summed E-state index contributed by atoms with van der Waals surface area (Å²) in [6.45, 7) is 11.0. The maximum Gasteiger partial charge on any atom is 0.408 e. The molecule has 0 spiro atoms. The molecule has 4 N–H and O–H groups in total. The van der Waals surface area contributed by atoms with Crippen molar-refractivity contribution in [2.45, 2.75) is 123 Å². The van der Waals surface area contributed by atoms with Gasteiger partial charge in [0.2, 0.25) is 5.91 Å². The fraction of sp³-hybridized carbons (Fsp3) is 0.553. The predicted molar refractivity (Wildman–Crippen MR) is 191 cm³/mol. The Kier molecular flexibility index (Phi) is 17.8. The minimum atomic E-state index is -0.883. The molecule has 0 heterocycles. The summed E-state index contributed by atoms with van der Waals surface area (Å²) in [6.07, 6.45) is 4.61. The lowest BCUT2D eigenvalue weighted by Gasteiger charge is -2.23. The lowest BCUT2D eigenvalue weighted by atomic mass is 10.0. The van der Waals surface area contributed by atoms with Gasteiger partial charge in [-0.1, -0.05) is 54.6 Å². The SMILES string of the molecule is CC(C)(C)OC(=O)NCCCC[C@H](NC(=O)OC(C)(C)C)C(=O)NCCCC(=O)ONC(=O)Cc1ccc(CCCCc2ccccc2)cc1. The second-order valence-electron chi connectivity index (χ2n) is 14.2. The normalized spacial score (nSPS) is 11.9. The standard InChI is InChI=1S/C38H56N4O8/c1-37(2,3)48-35(46)40-25-13-12-19-31(41-36(47)49-38(4,5)6)34(45)39-26-14-20-33(44)50-42-32(43)27-30-23-21-29(22-24-30)18-11-10-17-28-15-8-7-9-16-28/h7-9,15-16,21-24,31H,10-14,17-20,25-27H2,1-6H3,(H,39,45)(H,40,46)(H,41,47)(H,42,43)/t31-/m0/s1. The van der Waals surface area contributed by atoms with Crippen LogP contribution in [-0.4, -0.2) is 60.3 Å². The average Bonchev–Trinajstić information content (AvgIpc) is 3.03. The van der Waals surface area contributed by atoms with Crippen LogP contribution in [0, 0.1) is 0 Å². The summed E-state index contributed by atoms with van der Waals surface area (Å²) in [5.74, 6) is -1.52. The number of hydrogen-bond donors (Lipinski definition) is 4. The van der Waals surface area contributed by atoms with E-state index in [4.69, 9.17) is 14.3 Å². The molecule has 2 aromatic rings. The topological polar surface area (TPSA) is 161 Å². The van der Waals surface area contributed by atoms with Crippen LogP contribution < -0.4 is 21.4 Å². The molecule has 2 rings (SSSR count). The van der Waals surface area contributed by atoms with Gasteiger partial charge in [-0.25, -0.2) is 14.4 Å². The third-order valence-electron chi connectivity index (χ3n) is 7.14. The predicted octanol–water partition coefficient (Wildman–Crippen LogP) is 5.85. The number of aryl methyl sites for hydroxylation is 2. The molecule has 0 bridgehead atoms. The third kappa shape index (κ3) is 20.0. The zero-order chi connectivity index (χ0) is 37.0. The molecule has 0 aliphatic heterocycles. The van der Waals surface area contributed by atoms with E-state index in [1.54, 1.807) is 41.5 Å². The molecule has 50 heavy (non-hydrogen) atoms. The van der Waals surface area contributed by atoms with Gasteiger partial charge in [-0.05, 0) is 110 Å². The van der Waals surface area contributed by atoms with E-state index in [0.29, 0.717) is 25.8 Å². The Bertz CT molecular complexity index is 1350. The summed E-state index contributed by atoms with van der Waals surface area (Å²) in [7, 11) is 0. The molecular weight excluding hydrogens is 640 g/mol. The van der Waals surface area contributed by atoms with E-state index in [1.165, 1.54) is 11.1 Å². The molecule has 1 atom stereocenters. The molecule has 0 unspecified atom stereocenters. The van der Waals surface area contributed by atoms with Gasteiger partial charge in [0.15, 0.2) is 0 Å². The number of carbonyl (C=O) groups excluding carboxylic acids is 5. The number of ether oxygens (including phenoxy) is 2. The Labute approximate surface area is 296 Å². The van der Waals surface area contributed by atoms with Gasteiger partial charge < -0.3 is 30.3 Å². The summed E-state index contributed by atoms with van der Waals surface area (Å²) in [6, 6.07) is 17.4. The molecule has 0 radical (unpaired) electrons. The maximum atomic E-state index is 12.9. The van der Waals surface area contributed by atoms with E-state index in [-0.39, 0.29) is 25.8 Å². The number of rotatable bonds is 18. The highest BCUT2D eigenvalue weighted by Gasteiger charge is 2.24. The van der Waals surface area contributed by atoms with Crippen molar-refractivity contribution in [1.82, 2.24) is 21.4 Å². The molecule has 12 nitrogen and oxygen atoms in total. The van der Waals surface area contributed by atoms with Crippen molar-refractivity contribution < 1.29 is 38.3 Å². The second-order valence-corrected chi connectivity index (χ2v) is 14.2. The Morgan fingerprint density at radius 1 is 0.640 bits per heavy atom. The summed E-state index contributed by atoms with van der Waals surface area (Å²) in [5.41, 5.74) is 4.20. The number of hydrogen-bond acceptors (Lipinski definition) is 8. The smallest absolute Gasteiger partial charge is 0.408 e. The van der Waals surface area contributed by atoms with Crippen LogP contribution in [0.2, 0.25) is 0 Å². The lowest BCUT2D eigenvalue weighted by Crippen LogP contribution is -2.48. The summed E-state index contributed by atoms with van der Waals surface area (Å²) in [4.78, 5) is 66.5. The number of benzene rings is 2. The fourth-order valence-electron chi connectivity index (χ4n) is 4.78. The summed E-state index contributed by atoms with van der Waals surface area (Å²) in [5, 5.41) is 7.99. The van der Waals surface area contributed by atoms with Crippen LogP contribution in [0.1, 0.15) is 103 Å². The number of carbonyl (C=O) groups is 5.